The molecule has 0 radical (unpaired) electrons. The summed E-state index contributed by atoms with van der Waals surface area (Å²) < 4.78 is 0. The van der Waals surface area contributed by atoms with Crippen LogP contribution in [0.3, 0.4) is 0 Å². The molecule has 0 aliphatic rings. The van der Waals surface area contributed by atoms with Gasteiger partial charge in [-0.1, -0.05) is 13.8 Å². The molecule has 2 unspecified atom stereocenters. The highest BCUT2D eigenvalue weighted by atomic mass is 16.4. The van der Waals surface area contributed by atoms with Crippen molar-refractivity contribution in [3.8, 4) is 0 Å². The first kappa shape index (κ1) is 12.9. The zero-order valence-electron chi connectivity index (χ0n) is 8.86. The van der Waals surface area contributed by atoms with E-state index in [1.54, 1.807) is 18.7 Å². The van der Waals surface area contributed by atoms with Crippen LogP contribution in [0.2, 0.25) is 0 Å². The summed E-state index contributed by atoms with van der Waals surface area (Å²) in [6.07, 6.45) is 0. The Labute approximate surface area is 83.9 Å². The van der Waals surface area contributed by atoms with Crippen molar-refractivity contribution in [2.24, 2.45) is 11.7 Å². The number of carbonyl (C=O) groups excluding carboxylic acids is 1. The highest BCUT2D eigenvalue weighted by molar-refractivity contribution is 5.79. The average Bonchev–Trinajstić information content (AvgIpc) is 2.12. The largest absolute Gasteiger partial charge is 0.481 e. The van der Waals surface area contributed by atoms with E-state index >= 15 is 0 Å². The van der Waals surface area contributed by atoms with E-state index in [9.17, 15) is 9.59 Å². The molecule has 0 saturated carbocycles. The molecule has 5 nitrogen and oxygen atoms in total. The van der Waals surface area contributed by atoms with Gasteiger partial charge in [0.05, 0.1) is 12.0 Å². The number of hydrogen-bond donors (Lipinski definition) is 2. The number of amides is 1. The molecule has 0 aliphatic carbocycles. The number of carbonyl (C=O) groups is 2. The van der Waals surface area contributed by atoms with E-state index in [0.717, 1.165) is 0 Å². The number of aliphatic carboxylic acids is 1. The second-order valence-electron chi connectivity index (χ2n) is 3.41. The maximum atomic E-state index is 10.9. The van der Waals surface area contributed by atoms with E-state index in [4.69, 9.17) is 10.8 Å². The van der Waals surface area contributed by atoms with Gasteiger partial charge in [0.25, 0.3) is 0 Å². The fourth-order valence-electron chi connectivity index (χ4n) is 1.17. The molecule has 0 aromatic carbocycles. The first-order valence-corrected chi connectivity index (χ1v) is 4.66. The predicted octanol–water partition coefficient (Wildman–Crippen LogP) is -0.0972. The molecule has 0 saturated heterocycles. The van der Waals surface area contributed by atoms with Crippen LogP contribution in [0.15, 0.2) is 0 Å². The molecule has 0 fully saturated rings. The fourth-order valence-corrected chi connectivity index (χ4v) is 1.17. The lowest BCUT2D eigenvalue weighted by Crippen LogP contribution is -2.45. The van der Waals surface area contributed by atoms with Gasteiger partial charge in [0.15, 0.2) is 0 Å². The van der Waals surface area contributed by atoms with Gasteiger partial charge in [-0.2, -0.15) is 0 Å². The van der Waals surface area contributed by atoms with E-state index < -0.39 is 23.8 Å². The number of carboxylic acid groups (broad SMARTS) is 1. The monoisotopic (exact) mass is 202 g/mol. The predicted molar refractivity (Wildman–Crippen MR) is 52.7 cm³/mol. The number of nitrogens with two attached hydrogens (primary N) is 1. The third-order valence-corrected chi connectivity index (χ3v) is 2.30. The van der Waals surface area contributed by atoms with Gasteiger partial charge in [-0.05, 0) is 13.5 Å². The van der Waals surface area contributed by atoms with Crippen molar-refractivity contribution < 1.29 is 14.7 Å². The fraction of sp³-hybridized carbons (Fsp3) is 0.778. The van der Waals surface area contributed by atoms with Crippen LogP contribution in [0.5, 0.6) is 0 Å². The minimum absolute atomic E-state index is 0.343. The van der Waals surface area contributed by atoms with Crippen LogP contribution in [-0.2, 0) is 9.59 Å². The van der Waals surface area contributed by atoms with Crippen LogP contribution in [0, 0.1) is 5.92 Å². The van der Waals surface area contributed by atoms with Crippen LogP contribution in [0.1, 0.15) is 20.8 Å². The molecule has 82 valence electrons. The molecule has 0 rings (SSSR count). The van der Waals surface area contributed by atoms with E-state index in [1.165, 1.54) is 0 Å². The summed E-state index contributed by atoms with van der Waals surface area (Å²) in [5, 5.41) is 8.70. The first-order chi connectivity index (χ1) is 6.40. The van der Waals surface area contributed by atoms with E-state index in [-0.39, 0.29) is 0 Å². The van der Waals surface area contributed by atoms with Crippen LogP contribution < -0.4 is 5.73 Å². The van der Waals surface area contributed by atoms with Crippen molar-refractivity contribution in [1.29, 1.82) is 0 Å². The Hall–Kier alpha value is -1.10. The van der Waals surface area contributed by atoms with Crippen molar-refractivity contribution in [1.82, 2.24) is 4.90 Å². The van der Waals surface area contributed by atoms with Gasteiger partial charge >= 0.3 is 5.97 Å². The van der Waals surface area contributed by atoms with Crippen LogP contribution >= 0.6 is 0 Å². The lowest BCUT2D eigenvalue weighted by molar-refractivity contribution is -0.142. The quantitative estimate of drug-likeness (QED) is 0.630. The van der Waals surface area contributed by atoms with Crippen molar-refractivity contribution in [2.45, 2.75) is 26.8 Å². The summed E-state index contributed by atoms with van der Waals surface area (Å²) in [7, 11) is 0. The molecular weight excluding hydrogens is 184 g/mol. The summed E-state index contributed by atoms with van der Waals surface area (Å²) in [4.78, 5) is 23.2. The number of nitrogens with zero attached hydrogens (tertiary/aromatic N) is 1. The number of hydrogen-bond acceptors (Lipinski definition) is 3. The number of rotatable bonds is 6. The molecule has 14 heavy (non-hydrogen) atoms. The van der Waals surface area contributed by atoms with Gasteiger partial charge in [-0.15, -0.1) is 0 Å². The number of carboxylic acids is 1. The summed E-state index contributed by atoms with van der Waals surface area (Å²) in [6, 6.07) is -0.415. The SMILES string of the molecule is CCN(CC(C)C(=O)O)C(C)C(N)=O. The molecular formula is C9H18N2O3. The standard InChI is InChI=1S/C9H18N2O3/c1-4-11(7(3)8(10)12)5-6(2)9(13)14/h6-7H,4-5H2,1-3H3,(H2,10,12)(H,13,14). The smallest absolute Gasteiger partial charge is 0.307 e. The molecule has 0 heterocycles. The van der Waals surface area contributed by atoms with Gasteiger partial charge in [-0.25, -0.2) is 0 Å². The summed E-state index contributed by atoms with van der Waals surface area (Å²) >= 11 is 0. The summed E-state index contributed by atoms with van der Waals surface area (Å²) in [5.41, 5.74) is 5.14. The Morgan fingerprint density at radius 2 is 1.93 bits per heavy atom. The van der Waals surface area contributed by atoms with Gasteiger partial charge in [-0.3, -0.25) is 14.5 Å². The second-order valence-corrected chi connectivity index (χ2v) is 3.41. The molecule has 2 atom stereocenters. The first-order valence-electron chi connectivity index (χ1n) is 4.66. The molecule has 5 heteroatoms. The average molecular weight is 202 g/mol. The lowest BCUT2D eigenvalue weighted by Gasteiger charge is -2.26. The van der Waals surface area contributed by atoms with Gasteiger partial charge in [0, 0.05) is 6.54 Å². The zero-order valence-corrected chi connectivity index (χ0v) is 8.86. The Kier molecular flexibility index (Phi) is 5.15. The molecule has 0 aromatic rings. The Morgan fingerprint density at radius 1 is 1.43 bits per heavy atom. The summed E-state index contributed by atoms with van der Waals surface area (Å²) in [6.45, 7) is 6.12. The molecule has 3 N–H and O–H groups in total. The zero-order chi connectivity index (χ0) is 11.3. The van der Waals surface area contributed by atoms with Crippen molar-refractivity contribution in [3.63, 3.8) is 0 Å². The minimum atomic E-state index is -0.861. The van der Waals surface area contributed by atoms with E-state index in [0.29, 0.717) is 13.1 Å². The second kappa shape index (κ2) is 5.59. The molecule has 0 spiro atoms. The normalized spacial score (nSPS) is 15.1. The number of primary amides is 1. The third-order valence-electron chi connectivity index (χ3n) is 2.30. The van der Waals surface area contributed by atoms with E-state index in [1.807, 2.05) is 6.92 Å². The maximum absolute atomic E-state index is 10.9. The van der Waals surface area contributed by atoms with E-state index in [2.05, 4.69) is 0 Å². The van der Waals surface area contributed by atoms with Crippen molar-refractivity contribution in [2.75, 3.05) is 13.1 Å². The maximum Gasteiger partial charge on any atom is 0.307 e. The van der Waals surface area contributed by atoms with Crippen LogP contribution in [0.25, 0.3) is 0 Å². The highest BCUT2D eigenvalue weighted by Crippen LogP contribution is 2.04. The van der Waals surface area contributed by atoms with Gasteiger partial charge in [0.1, 0.15) is 0 Å². The van der Waals surface area contributed by atoms with Gasteiger partial charge in [0.2, 0.25) is 5.91 Å². The van der Waals surface area contributed by atoms with Crippen LogP contribution in [-0.4, -0.2) is 41.0 Å². The lowest BCUT2D eigenvalue weighted by atomic mass is 10.1. The molecule has 0 aliphatic heterocycles. The Balaban J connectivity index is 4.28. The van der Waals surface area contributed by atoms with Crippen molar-refractivity contribution in [3.05, 3.63) is 0 Å². The van der Waals surface area contributed by atoms with Crippen LogP contribution in [0.4, 0.5) is 0 Å². The molecule has 0 aromatic heterocycles. The number of likely N-dealkylation sites (N-methyl/N-ethyl adjacent to an activating group) is 1. The minimum Gasteiger partial charge on any atom is -0.481 e. The van der Waals surface area contributed by atoms with Gasteiger partial charge < -0.3 is 10.8 Å². The molecule has 0 bridgehead atoms. The highest BCUT2D eigenvalue weighted by Gasteiger charge is 2.21. The summed E-state index contributed by atoms with van der Waals surface area (Å²) in [5.74, 6) is -1.78. The van der Waals surface area contributed by atoms with Crippen molar-refractivity contribution >= 4 is 11.9 Å². The Bertz CT molecular complexity index is 218. The Morgan fingerprint density at radius 3 is 2.21 bits per heavy atom. The third kappa shape index (κ3) is 3.74. The topological polar surface area (TPSA) is 83.6 Å². The molecule has 1 amide bonds.